The fourth-order valence-corrected chi connectivity index (χ4v) is 4.23. The van der Waals surface area contributed by atoms with E-state index < -0.39 is 8.32 Å². The predicted molar refractivity (Wildman–Crippen MR) is 90.4 cm³/mol. The van der Waals surface area contributed by atoms with Crippen LogP contribution in [0.5, 0.6) is 0 Å². The molecule has 0 bridgehead atoms. The zero-order valence-corrected chi connectivity index (χ0v) is 14.9. The minimum atomic E-state index is -1.80. The number of carbonyl (C=O) groups is 1. The maximum Gasteiger partial charge on any atom is 0.316 e. The Morgan fingerprint density at radius 3 is 1.85 bits per heavy atom. The summed E-state index contributed by atoms with van der Waals surface area (Å²) < 4.78 is 5.45. The van der Waals surface area contributed by atoms with E-state index in [4.69, 9.17) is 4.43 Å². The molecule has 0 aliphatic heterocycles. The van der Waals surface area contributed by atoms with Crippen molar-refractivity contribution in [3.63, 3.8) is 0 Å². The van der Waals surface area contributed by atoms with Crippen LogP contribution in [0.4, 0.5) is 0 Å². The average molecular weight is 299 g/mol. The van der Waals surface area contributed by atoms with Crippen molar-refractivity contribution in [1.29, 1.82) is 0 Å². The highest BCUT2D eigenvalue weighted by atomic mass is 28.4. The zero-order valence-electron chi connectivity index (χ0n) is 13.9. The number of unbranched alkanes of at least 4 members (excludes halogenated alkanes) is 9. The maximum atomic E-state index is 11.2. The van der Waals surface area contributed by atoms with E-state index in [0.29, 0.717) is 0 Å². The molecule has 0 atom stereocenters. The predicted octanol–water partition coefficient (Wildman–Crippen LogP) is 5.84. The van der Waals surface area contributed by atoms with Crippen molar-refractivity contribution in [2.24, 2.45) is 0 Å². The van der Waals surface area contributed by atoms with Crippen molar-refractivity contribution in [3.8, 4) is 0 Å². The fourth-order valence-electron chi connectivity index (χ4n) is 2.40. The van der Waals surface area contributed by atoms with Gasteiger partial charge >= 0.3 is 5.97 Å². The van der Waals surface area contributed by atoms with E-state index in [2.05, 4.69) is 26.6 Å². The summed E-state index contributed by atoms with van der Waals surface area (Å²) in [5.74, 6) is -0.256. The van der Waals surface area contributed by atoms with E-state index in [-0.39, 0.29) is 5.97 Å². The second-order valence-corrected chi connectivity index (χ2v) is 10.5. The van der Waals surface area contributed by atoms with Crippen LogP contribution < -0.4 is 0 Å². The molecule has 0 saturated carbocycles. The Labute approximate surface area is 127 Å². The first kappa shape index (κ1) is 19.4. The number of hydrogen-bond acceptors (Lipinski definition) is 2. The molecule has 0 aromatic rings. The lowest BCUT2D eigenvalue weighted by molar-refractivity contribution is -0.129. The number of hydrogen-bond donors (Lipinski definition) is 0. The highest BCUT2D eigenvalue weighted by Crippen LogP contribution is 2.18. The highest BCUT2D eigenvalue weighted by molar-refractivity contribution is 6.72. The molecule has 0 aromatic heterocycles. The molecule has 0 N–H and O–H groups in total. The summed E-state index contributed by atoms with van der Waals surface area (Å²) in [4.78, 5) is 11.2. The van der Waals surface area contributed by atoms with E-state index in [9.17, 15) is 4.79 Å². The lowest BCUT2D eigenvalue weighted by Crippen LogP contribution is -2.32. The third-order valence-electron chi connectivity index (χ3n) is 3.68. The molecule has 0 unspecified atom stereocenters. The first-order chi connectivity index (χ1) is 9.52. The zero-order chi connectivity index (χ0) is 15.3. The molecule has 3 heteroatoms. The van der Waals surface area contributed by atoms with Gasteiger partial charge in [-0.1, -0.05) is 77.7 Å². The van der Waals surface area contributed by atoms with Crippen LogP contribution in [0.2, 0.25) is 19.1 Å². The van der Waals surface area contributed by atoms with Gasteiger partial charge in [0.2, 0.25) is 8.32 Å². The van der Waals surface area contributed by atoms with Crippen molar-refractivity contribution in [3.05, 3.63) is 12.7 Å². The van der Waals surface area contributed by atoms with Crippen LogP contribution in [0.3, 0.4) is 0 Å². The first-order valence-electron chi connectivity index (χ1n) is 8.37. The van der Waals surface area contributed by atoms with Crippen LogP contribution in [0.25, 0.3) is 0 Å². The molecule has 20 heavy (non-hydrogen) atoms. The SMILES string of the molecule is C=CC(=O)O[Si](C)(C)CCCCCCCCCCCC. The van der Waals surface area contributed by atoms with Gasteiger partial charge in [0.25, 0.3) is 0 Å². The Hall–Kier alpha value is -0.573. The Morgan fingerprint density at radius 1 is 0.950 bits per heavy atom. The van der Waals surface area contributed by atoms with Gasteiger partial charge in [-0.05, 0) is 19.1 Å². The average Bonchev–Trinajstić information content (AvgIpc) is 2.40. The van der Waals surface area contributed by atoms with Crippen LogP contribution in [-0.4, -0.2) is 14.3 Å². The molecule has 0 aliphatic carbocycles. The van der Waals surface area contributed by atoms with Gasteiger partial charge < -0.3 is 4.43 Å². The minimum absolute atomic E-state index is 0.256. The molecule has 0 radical (unpaired) electrons. The quantitative estimate of drug-likeness (QED) is 0.242. The van der Waals surface area contributed by atoms with E-state index in [1.165, 1.54) is 70.3 Å². The van der Waals surface area contributed by atoms with Gasteiger partial charge in [-0.15, -0.1) is 0 Å². The van der Waals surface area contributed by atoms with Gasteiger partial charge in [-0.3, -0.25) is 0 Å². The molecule has 0 heterocycles. The molecular formula is C17H34O2Si. The second kappa shape index (κ2) is 12.2. The largest absolute Gasteiger partial charge is 0.517 e. The number of rotatable bonds is 13. The molecule has 0 aromatic carbocycles. The summed E-state index contributed by atoms with van der Waals surface area (Å²) in [5.41, 5.74) is 0. The first-order valence-corrected chi connectivity index (χ1v) is 11.5. The van der Waals surface area contributed by atoms with Gasteiger partial charge in [0, 0.05) is 6.08 Å². The second-order valence-electron chi connectivity index (χ2n) is 6.32. The molecule has 0 amide bonds. The monoisotopic (exact) mass is 298 g/mol. The Balaban J connectivity index is 3.38. The number of carbonyl (C=O) groups excluding carboxylic acids is 1. The van der Waals surface area contributed by atoms with Crippen LogP contribution >= 0.6 is 0 Å². The molecule has 0 fully saturated rings. The lowest BCUT2D eigenvalue weighted by Gasteiger charge is -2.21. The Bertz CT molecular complexity index is 262. The van der Waals surface area contributed by atoms with Crippen LogP contribution in [0.15, 0.2) is 12.7 Å². The summed E-state index contributed by atoms with van der Waals surface area (Å²) >= 11 is 0. The smallest absolute Gasteiger partial charge is 0.316 e. The van der Waals surface area contributed by atoms with Crippen molar-refractivity contribution >= 4 is 14.3 Å². The van der Waals surface area contributed by atoms with Crippen LogP contribution in [0.1, 0.15) is 71.1 Å². The topological polar surface area (TPSA) is 26.3 Å². The van der Waals surface area contributed by atoms with E-state index in [1.807, 2.05) is 0 Å². The van der Waals surface area contributed by atoms with Gasteiger partial charge in [0.1, 0.15) is 0 Å². The third-order valence-corrected chi connectivity index (χ3v) is 5.99. The van der Waals surface area contributed by atoms with Crippen molar-refractivity contribution in [1.82, 2.24) is 0 Å². The van der Waals surface area contributed by atoms with Crippen molar-refractivity contribution < 1.29 is 9.22 Å². The molecule has 0 aliphatic rings. The Morgan fingerprint density at radius 2 is 1.40 bits per heavy atom. The van der Waals surface area contributed by atoms with E-state index in [0.717, 1.165) is 6.04 Å². The molecule has 0 spiro atoms. The highest BCUT2D eigenvalue weighted by Gasteiger charge is 2.25. The molecule has 0 rings (SSSR count). The van der Waals surface area contributed by atoms with E-state index in [1.54, 1.807) is 0 Å². The van der Waals surface area contributed by atoms with Crippen molar-refractivity contribution in [2.75, 3.05) is 0 Å². The van der Waals surface area contributed by atoms with Crippen LogP contribution in [0, 0.1) is 0 Å². The van der Waals surface area contributed by atoms with Gasteiger partial charge in [-0.25, -0.2) is 4.79 Å². The van der Waals surface area contributed by atoms with Gasteiger partial charge in [0.05, 0.1) is 0 Å². The summed E-state index contributed by atoms with van der Waals surface area (Å²) in [6, 6.07) is 1.07. The van der Waals surface area contributed by atoms with E-state index >= 15 is 0 Å². The molecule has 2 nitrogen and oxygen atoms in total. The summed E-state index contributed by atoms with van der Waals surface area (Å²) in [7, 11) is -1.80. The fraction of sp³-hybridized carbons (Fsp3) is 0.824. The summed E-state index contributed by atoms with van der Waals surface area (Å²) in [6.45, 7) is 9.94. The van der Waals surface area contributed by atoms with Crippen LogP contribution in [-0.2, 0) is 9.22 Å². The van der Waals surface area contributed by atoms with Gasteiger partial charge in [-0.2, -0.15) is 0 Å². The molecular weight excluding hydrogens is 264 g/mol. The third kappa shape index (κ3) is 12.5. The normalized spacial score (nSPS) is 11.3. The molecule has 118 valence electrons. The lowest BCUT2D eigenvalue weighted by atomic mass is 10.1. The Kier molecular flexibility index (Phi) is 11.8. The summed E-state index contributed by atoms with van der Waals surface area (Å²) in [5, 5.41) is 0. The summed E-state index contributed by atoms with van der Waals surface area (Å²) in [6.07, 6.45) is 14.8. The van der Waals surface area contributed by atoms with Gasteiger partial charge in [0.15, 0.2) is 0 Å². The standard InChI is InChI=1S/C17H34O2Si/c1-5-7-8-9-10-11-12-13-14-15-16-20(3,4)19-17(18)6-2/h6H,2,5,7-16H2,1,3-4H3. The van der Waals surface area contributed by atoms with Crippen molar-refractivity contribution in [2.45, 2.75) is 90.3 Å². The minimum Gasteiger partial charge on any atom is -0.517 e. The molecule has 0 saturated heterocycles. The maximum absolute atomic E-state index is 11.2.